The molecule has 3 aromatic rings. The van der Waals surface area contributed by atoms with Crippen LogP contribution in [0.2, 0.25) is 0 Å². The van der Waals surface area contributed by atoms with Crippen LogP contribution in [0.15, 0.2) is 48.8 Å². The SMILES string of the molecule is O=C(Nc1ccncc1)Nc1ccc(-c2nc(N3CCOCC3)nc(N3C[C@@H]4C[C@H]3CO4)n2)cc1. The normalized spacial score (nSPS) is 21.3. The van der Waals surface area contributed by atoms with Crippen molar-refractivity contribution in [2.75, 3.05) is 59.9 Å². The quantitative estimate of drug-likeness (QED) is 0.575. The molecule has 3 fully saturated rings. The van der Waals surface area contributed by atoms with Gasteiger partial charge in [-0.1, -0.05) is 0 Å². The number of hydrogen-bond acceptors (Lipinski definition) is 9. The number of carbonyl (C=O) groups excluding carboxylic acids is 1. The first-order chi connectivity index (χ1) is 17.2. The lowest BCUT2D eigenvalue weighted by atomic mass is 10.2. The molecule has 2 amide bonds. The summed E-state index contributed by atoms with van der Waals surface area (Å²) in [7, 11) is 0. The molecule has 3 saturated heterocycles. The van der Waals surface area contributed by atoms with Crippen molar-refractivity contribution in [2.45, 2.75) is 18.6 Å². The minimum atomic E-state index is -0.327. The van der Waals surface area contributed by atoms with E-state index in [-0.39, 0.29) is 12.1 Å². The third-order valence-electron chi connectivity index (χ3n) is 6.40. The molecule has 3 aliphatic rings. The van der Waals surface area contributed by atoms with E-state index in [1.54, 1.807) is 24.5 Å². The van der Waals surface area contributed by atoms with Crippen LogP contribution < -0.4 is 20.4 Å². The summed E-state index contributed by atoms with van der Waals surface area (Å²) >= 11 is 0. The number of fused-ring (bicyclic) bond motifs is 2. The van der Waals surface area contributed by atoms with Crippen LogP contribution in [0.1, 0.15) is 6.42 Å². The number of aromatic nitrogens is 4. The summed E-state index contributed by atoms with van der Waals surface area (Å²) in [4.78, 5) is 35.1. The molecular formula is C24H26N8O3. The highest BCUT2D eigenvalue weighted by Gasteiger charge is 2.40. The standard InChI is InChI=1S/C24H26N8O3/c33-24(27-18-5-7-25-8-6-18)26-17-3-1-16(2-4-17)21-28-22(31-9-11-34-12-10-31)30-23(29-21)32-14-20-13-19(32)15-35-20/h1-8,19-20H,9-15H2,(H2,25,26,27,33)/t19-,20-/m0/s1. The molecule has 0 saturated carbocycles. The number of ether oxygens (including phenoxy) is 2. The predicted molar refractivity (Wildman–Crippen MR) is 131 cm³/mol. The number of morpholine rings is 2. The molecule has 0 unspecified atom stereocenters. The number of pyridine rings is 1. The van der Waals surface area contributed by atoms with E-state index < -0.39 is 0 Å². The molecule has 0 aliphatic carbocycles. The minimum Gasteiger partial charge on any atom is -0.378 e. The second kappa shape index (κ2) is 9.43. The first-order valence-corrected chi connectivity index (χ1v) is 11.8. The van der Waals surface area contributed by atoms with Crippen LogP contribution in [-0.4, -0.2) is 77.6 Å². The smallest absolute Gasteiger partial charge is 0.323 e. The van der Waals surface area contributed by atoms with Gasteiger partial charge in [-0.15, -0.1) is 0 Å². The monoisotopic (exact) mass is 474 g/mol. The molecule has 3 aliphatic heterocycles. The van der Waals surface area contributed by atoms with E-state index >= 15 is 0 Å². The Morgan fingerprint density at radius 1 is 0.914 bits per heavy atom. The Morgan fingerprint density at radius 2 is 1.63 bits per heavy atom. The van der Waals surface area contributed by atoms with Gasteiger partial charge in [0, 0.05) is 49.0 Å². The number of anilines is 4. The van der Waals surface area contributed by atoms with Crippen molar-refractivity contribution in [3.63, 3.8) is 0 Å². The van der Waals surface area contributed by atoms with Crippen molar-refractivity contribution < 1.29 is 14.3 Å². The predicted octanol–water partition coefficient (Wildman–Crippen LogP) is 2.39. The molecule has 2 N–H and O–H groups in total. The Labute approximate surface area is 202 Å². The van der Waals surface area contributed by atoms with E-state index in [1.165, 1.54) is 0 Å². The van der Waals surface area contributed by atoms with E-state index in [0.717, 1.165) is 31.6 Å². The number of carbonyl (C=O) groups is 1. The molecule has 11 heteroatoms. The molecule has 0 radical (unpaired) electrons. The van der Waals surface area contributed by atoms with Crippen molar-refractivity contribution in [2.24, 2.45) is 0 Å². The number of rotatable bonds is 5. The van der Waals surface area contributed by atoms with E-state index in [9.17, 15) is 4.79 Å². The second-order valence-electron chi connectivity index (χ2n) is 8.75. The molecule has 2 bridgehead atoms. The fourth-order valence-corrected chi connectivity index (χ4v) is 4.59. The highest BCUT2D eigenvalue weighted by molar-refractivity contribution is 5.99. The minimum absolute atomic E-state index is 0.246. The van der Waals surface area contributed by atoms with Gasteiger partial charge < -0.3 is 29.9 Å². The van der Waals surface area contributed by atoms with Gasteiger partial charge in [-0.3, -0.25) is 4.98 Å². The lowest BCUT2D eigenvalue weighted by Gasteiger charge is -2.30. The number of urea groups is 1. The van der Waals surface area contributed by atoms with Crippen LogP contribution in [0, 0.1) is 0 Å². The summed E-state index contributed by atoms with van der Waals surface area (Å²) in [5.74, 6) is 1.95. The van der Waals surface area contributed by atoms with Gasteiger partial charge in [-0.05, 0) is 42.8 Å². The third kappa shape index (κ3) is 4.73. The van der Waals surface area contributed by atoms with Gasteiger partial charge >= 0.3 is 6.03 Å². The van der Waals surface area contributed by atoms with Gasteiger partial charge in [-0.2, -0.15) is 15.0 Å². The van der Waals surface area contributed by atoms with Crippen molar-refractivity contribution >= 4 is 29.3 Å². The maximum absolute atomic E-state index is 12.3. The Hall–Kier alpha value is -3.83. The summed E-state index contributed by atoms with van der Waals surface area (Å²) < 4.78 is 11.3. The van der Waals surface area contributed by atoms with Crippen LogP contribution >= 0.6 is 0 Å². The van der Waals surface area contributed by atoms with Gasteiger partial charge in [0.05, 0.1) is 32.0 Å². The second-order valence-corrected chi connectivity index (χ2v) is 8.75. The zero-order chi connectivity index (χ0) is 23.6. The van der Waals surface area contributed by atoms with E-state index in [2.05, 4.69) is 25.4 Å². The van der Waals surface area contributed by atoms with E-state index in [0.29, 0.717) is 55.0 Å². The van der Waals surface area contributed by atoms with Crippen LogP contribution in [0.25, 0.3) is 11.4 Å². The molecule has 35 heavy (non-hydrogen) atoms. The average Bonchev–Trinajstić information content (AvgIpc) is 3.54. The Balaban J connectivity index is 1.23. The van der Waals surface area contributed by atoms with Crippen molar-refractivity contribution in [3.8, 4) is 11.4 Å². The Morgan fingerprint density at radius 3 is 2.31 bits per heavy atom. The van der Waals surface area contributed by atoms with Crippen LogP contribution in [-0.2, 0) is 9.47 Å². The van der Waals surface area contributed by atoms with E-state index in [1.807, 2.05) is 24.3 Å². The number of nitrogens with zero attached hydrogens (tertiary/aromatic N) is 6. The van der Waals surface area contributed by atoms with Gasteiger partial charge in [0.2, 0.25) is 11.9 Å². The molecule has 6 rings (SSSR count). The summed E-state index contributed by atoms with van der Waals surface area (Å²) in [5, 5.41) is 5.62. The van der Waals surface area contributed by atoms with Crippen molar-refractivity contribution in [1.82, 2.24) is 19.9 Å². The van der Waals surface area contributed by atoms with Crippen LogP contribution in [0.4, 0.5) is 28.1 Å². The largest absolute Gasteiger partial charge is 0.378 e. The number of amides is 2. The van der Waals surface area contributed by atoms with Gasteiger partial charge in [0.15, 0.2) is 5.82 Å². The van der Waals surface area contributed by atoms with Crippen molar-refractivity contribution in [1.29, 1.82) is 0 Å². The summed E-state index contributed by atoms with van der Waals surface area (Å²) in [6.07, 6.45) is 4.50. The molecule has 180 valence electrons. The summed E-state index contributed by atoms with van der Waals surface area (Å²) in [6.45, 7) is 4.30. The summed E-state index contributed by atoms with van der Waals surface area (Å²) in [6, 6.07) is 10.9. The Bertz CT molecular complexity index is 1190. The highest BCUT2D eigenvalue weighted by Crippen LogP contribution is 2.32. The molecule has 2 aromatic heterocycles. The van der Waals surface area contributed by atoms with Crippen molar-refractivity contribution in [3.05, 3.63) is 48.8 Å². The fourth-order valence-electron chi connectivity index (χ4n) is 4.59. The first kappa shape index (κ1) is 21.7. The molecule has 2 atom stereocenters. The zero-order valence-electron chi connectivity index (χ0n) is 19.1. The highest BCUT2D eigenvalue weighted by atomic mass is 16.5. The maximum Gasteiger partial charge on any atom is 0.323 e. The van der Waals surface area contributed by atoms with Crippen LogP contribution in [0.3, 0.4) is 0 Å². The number of benzene rings is 1. The maximum atomic E-state index is 12.3. The van der Waals surface area contributed by atoms with Gasteiger partial charge in [-0.25, -0.2) is 4.79 Å². The number of hydrogen-bond donors (Lipinski definition) is 2. The van der Waals surface area contributed by atoms with E-state index in [4.69, 9.17) is 24.4 Å². The number of nitrogens with one attached hydrogen (secondary N) is 2. The fraction of sp³-hybridized carbons (Fsp3) is 0.375. The van der Waals surface area contributed by atoms with Crippen LogP contribution in [0.5, 0.6) is 0 Å². The topological polar surface area (TPSA) is 118 Å². The molecule has 1 aromatic carbocycles. The molecule has 0 spiro atoms. The molecule has 5 heterocycles. The lowest BCUT2D eigenvalue weighted by molar-refractivity contribution is 0.0986. The molecule has 11 nitrogen and oxygen atoms in total. The average molecular weight is 475 g/mol. The molecular weight excluding hydrogens is 448 g/mol. The Kier molecular flexibility index (Phi) is 5.84. The van der Waals surface area contributed by atoms with Gasteiger partial charge in [0.1, 0.15) is 0 Å². The zero-order valence-corrected chi connectivity index (χ0v) is 19.1. The van der Waals surface area contributed by atoms with Gasteiger partial charge in [0.25, 0.3) is 0 Å². The summed E-state index contributed by atoms with van der Waals surface area (Å²) in [5.41, 5.74) is 2.18. The lowest BCUT2D eigenvalue weighted by Crippen LogP contribution is -2.40. The first-order valence-electron chi connectivity index (χ1n) is 11.8. The third-order valence-corrected chi connectivity index (χ3v) is 6.40.